The number of benzene rings is 3. The van der Waals surface area contributed by atoms with Gasteiger partial charge in [-0.1, -0.05) is 6.07 Å². The number of nitrogens with zero attached hydrogens (tertiary/aromatic N) is 2. The molecule has 5 bridgehead atoms. The molecule has 0 aliphatic carbocycles. The number of carbonyl (C=O) groups is 2. The minimum atomic E-state index is -1.54. The summed E-state index contributed by atoms with van der Waals surface area (Å²) >= 11 is 1.57. The zero-order valence-electron chi connectivity index (χ0n) is 32.4. The number of phenolic OH excluding ortho intramolecular Hbond substituents is 1. The van der Waals surface area contributed by atoms with E-state index in [1.54, 1.807) is 31.0 Å². The van der Waals surface area contributed by atoms with Gasteiger partial charge in [0.25, 0.3) is 0 Å². The fraction of sp³-hybridized carbons (Fsp3) is 0.512. The highest BCUT2D eigenvalue weighted by Crippen LogP contribution is 2.62. The number of aromatic hydroxyl groups is 1. The van der Waals surface area contributed by atoms with Crippen molar-refractivity contribution in [3.8, 4) is 40.2 Å². The van der Waals surface area contributed by atoms with Gasteiger partial charge in [0.2, 0.25) is 6.79 Å². The lowest BCUT2D eigenvalue weighted by Gasteiger charge is -2.53. The lowest BCUT2D eigenvalue weighted by molar-refractivity contribution is -0.171. The molecule has 6 atom stereocenters. The number of hydrogen-bond donors (Lipinski definition) is 3. The maximum absolute atomic E-state index is 15.4. The van der Waals surface area contributed by atoms with Crippen LogP contribution in [0.4, 0.5) is 0 Å². The van der Waals surface area contributed by atoms with Crippen LogP contribution in [0.1, 0.15) is 75.2 Å². The van der Waals surface area contributed by atoms with Gasteiger partial charge in [-0.3, -0.25) is 9.69 Å². The van der Waals surface area contributed by atoms with E-state index in [-0.39, 0.29) is 42.7 Å². The largest absolute Gasteiger partial charge is 0.504 e. The van der Waals surface area contributed by atoms with Crippen LogP contribution in [0.5, 0.6) is 40.2 Å². The molecule has 0 radical (unpaired) electrons. The number of fused-ring (bicyclic) bond motifs is 4. The van der Waals surface area contributed by atoms with E-state index >= 15 is 4.79 Å². The molecule has 3 N–H and O–H groups in total. The molecule has 7 heterocycles. The van der Waals surface area contributed by atoms with Crippen LogP contribution in [0.3, 0.4) is 0 Å². The Bertz CT molecular complexity index is 2150. The molecule has 298 valence electrons. The highest BCUT2D eigenvalue weighted by Gasteiger charge is 2.59. The van der Waals surface area contributed by atoms with E-state index in [1.807, 2.05) is 25.8 Å². The Kier molecular flexibility index (Phi) is 9.23. The molecule has 7 aliphatic heterocycles. The first kappa shape index (κ1) is 37.2. The van der Waals surface area contributed by atoms with Crippen LogP contribution >= 0.6 is 11.8 Å². The Morgan fingerprint density at radius 3 is 2.54 bits per heavy atom. The number of esters is 2. The molecule has 1 fully saturated rings. The lowest BCUT2D eigenvalue weighted by Crippen LogP contribution is -2.64. The molecule has 0 amide bonds. The van der Waals surface area contributed by atoms with E-state index in [9.17, 15) is 15.0 Å². The number of carbonyl (C=O) groups excluding carboxylic acids is 2. The molecule has 0 saturated carbocycles. The number of phenols is 1. The summed E-state index contributed by atoms with van der Waals surface area (Å²) in [7, 11) is 5.02. The molecule has 56 heavy (non-hydrogen) atoms. The maximum Gasteiger partial charge on any atom is 0.332 e. The third-order valence-corrected chi connectivity index (χ3v) is 14.0. The first-order chi connectivity index (χ1) is 27.1. The number of rotatable bonds is 5. The van der Waals surface area contributed by atoms with Crippen molar-refractivity contribution in [3.05, 3.63) is 62.7 Å². The summed E-state index contributed by atoms with van der Waals surface area (Å²) in [6.07, 6.45) is 0.928. The summed E-state index contributed by atoms with van der Waals surface area (Å²) in [5, 5.41) is 25.6. The molecule has 0 aromatic heterocycles. The highest BCUT2D eigenvalue weighted by molar-refractivity contribution is 7.99. The van der Waals surface area contributed by atoms with Crippen molar-refractivity contribution in [2.75, 3.05) is 60.1 Å². The summed E-state index contributed by atoms with van der Waals surface area (Å²) in [5.41, 5.74) is 4.92. The zero-order valence-corrected chi connectivity index (χ0v) is 33.2. The van der Waals surface area contributed by atoms with E-state index in [1.165, 1.54) is 14.0 Å². The van der Waals surface area contributed by atoms with E-state index in [0.29, 0.717) is 59.4 Å². The number of methoxy groups -OCH3 is 2. The second-order valence-electron chi connectivity index (χ2n) is 15.3. The molecule has 1 spiro atoms. The van der Waals surface area contributed by atoms with Crippen molar-refractivity contribution < 1.29 is 53.0 Å². The maximum atomic E-state index is 15.4. The molecule has 4 unspecified atom stereocenters. The third-order valence-electron chi connectivity index (χ3n) is 12.5. The predicted octanol–water partition coefficient (Wildman–Crippen LogP) is 4.11. The van der Waals surface area contributed by atoms with Gasteiger partial charge in [0.05, 0.1) is 38.2 Å². The van der Waals surface area contributed by atoms with Gasteiger partial charge in [-0.2, -0.15) is 0 Å². The Morgan fingerprint density at radius 2 is 1.80 bits per heavy atom. The minimum absolute atomic E-state index is 0.00166. The van der Waals surface area contributed by atoms with Gasteiger partial charge in [0, 0.05) is 47.5 Å². The standard InChI is InChI=1S/C41H47N3O11S/c1-19-12-23-8-7-10-43-25-16-51-40(48)41-17-56-39(31-30(25)37-36(52-18-53-37)20(2)35(31)54-21(3)46)33(43)32(42-4)29(23)38(34(19)50-6)55-28(15-45)44(41)11-9-22-13-26(47)27(49-5)14-24(22)41/h12-14,25,28,32-33,39,42,45,47H,7-11,15-18H2,1-6H3/t25?,28?,32-,33?,39?,41-/m1/s1. The fourth-order valence-corrected chi connectivity index (χ4v) is 12.0. The fourth-order valence-electron chi connectivity index (χ4n) is 10.3. The van der Waals surface area contributed by atoms with Crippen LogP contribution in [0.25, 0.3) is 0 Å². The lowest BCUT2D eigenvalue weighted by atomic mass is 9.78. The molecular formula is C41H47N3O11S. The van der Waals surface area contributed by atoms with E-state index in [0.717, 1.165) is 46.2 Å². The van der Waals surface area contributed by atoms with Crippen LogP contribution < -0.4 is 33.7 Å². The van der Waals surface area contributed by atoms with Crippen molar-refractivity contribution in [3.63, 3.8) is 0 Å². The van der Waals surface area contributed by atoms with Crippen LogP contribution in [0, 0.1) is 13.8 Å². The van der Waals surface area contributed by atoms with Crippen molar-refractivity contribution in [2.45, 2.75) is 75.2 Å². The quantitative estimate of drug-likeness (QED) is 0.251. The number of aryl methyl sites for hydroxylation is 2. The van der Waals surface area contributed by atoms with Crippen molar-refractivity contribution in [1.29, 1.82) is 0 Å². The van der Waals surface area contributed by atoms with Gasteiger partial charge in [0.1, 0.15) is 12.4 Å². The van der Waals surface area contributed by atoms with Crippen LogP contribution in [-0.4, -0.2) is 104 Å². The number of aliphatic hydroxyl groups excluding tert-OH is 1. The van der Waals surface area contributed by atoms with Gasteiger partial charge in [-0.15, -0.1) is 11.8 Å². The van der Waals surface area contributed by atoms with E-state index < -0.39 is 41.6 Å². The first-order valence-electron chi connectivity index (χ1n) is 19.1. The second kappa shape index (κ2) is 13.9. The van der Waals surface area contributed by atoms with Gasteiger partial charge in [0.15, 0.2) is 46.3 Å². The molecule has 7 aliphatic rings. The molecular weight excluding hydrogens is 743 g/mol. The molecule has 10 rings (SSSR count). The highest BCUT2D eigenvalue weighted by atomic mass is 32.2. The average molecular weight is 790 g/mol. The Balaban J connectivity index is 1.42. The van der Waals surface area contributed by atoms with Gasteiger partial charge in [-0.05, 0) is 81.1 Å². The average Bonchev–Trinajstić information content (AvgIpc) is 3.66. The summed E-state index contributed by atoms with van der Waals surface area (Å²) in [4.78, 5) is 32.7. The molecule has 15 heteroatoms. The SMILES string of the molecule is CN[C@@H]1c2c3cc(C)c(OC)c2OC(CO)N2CCc4cc(O)c(OC)cc4[C@@]24CSC2c5c(OC(C)=O)c(C)c6c(c5C(COC4=O)N(CCC3)C21)OCO6. The van der Waals surface area contributed by atoms with Crippen molar-refractivity contribution in [2.24, 2.45) is 0 Å². The van der Waals surface area contributed by atoms with Crippen LogP contribution in [0.2, 0.25) is 0 Å². The van der Waals surface area contributed by atoms with Crippen molar-refractivity contribution in [1.82, 2.24) is 15.1 Å². The molecule has 3 aromatic rings. The zero-order chi connectivity index (χ0) is 39.2. The second-order valence-corrected chi connectivity index (χ2v) is 16.4. The molecule has 14 nitrogen and oxygen atoms in total. The minimum Gasteiger partial charge on any atom is -0.504 e. The van der Waals surface area contributed by atoms with Gasteiger partial charge < -0.3 is 48.7 Å². The number of aliphatic hydroxyl groups is 1. The molecule has 3 aromatic carbocycles. The molecule has 1 saturated heterocycles. The number of likely N-dealkylation sites (N-methyl/N-ethyl adjacent to an activating group) is 1. The summed E-state index contributed by atoms with van der Waals surface area (Å²) in [6.45, 7) is 5.70. The van der Waals surface area contributed by atoms with Crippen LogP contribution in [-0.2, 0) is 32.7 Å². The van der Waals surface area contributed by atoms with E-state index in [2.05, 4.69) is 16.3 Å². The number of hydrogen-bond acceptors (Lipinski definition) is 15. The van der Waals surface area contributed by atoms with Gasteiger partial charge in [-0.25, -0.2) is 9.69 Å². The predicted molar refractivity (Wildman–Crippen MR) is 204 cm³/mol. The monoisotopic (exact) mass is 789 g/mol. The summed E-state index contributed by atoms with van der Waals surface area (Å²) in [5.74, 6) is 1.81. The number of thioether (sulfide) groups is 1. The first-order valence-corrected chi connectivity index (χ1v) is 20.1. The van der Waals surface area contributed by atoms with E-state index in [4.69, 9.17) is 33.2 Å². The smallest absolute Gasteiger partial charge is 0.332 e. The Hall–Kier alpha value is -4.41. The van der Waals surface area contributed by atoms with Crippen LogP contribution in [0.15, 0.2) is 18.2 Å². The Labute approximate surface area is 329 Å². The third kappa shape index (κ3) is 5.23. The topological polar surface area (TPSA) is 158 Å². The number of ether oxygens (including phenoxy) is 7. The van der Waals surface area contributed by atoms with Gasteiger partial charge >= 0.3 is 11.9 Å². The summed E-state index contributed by atoms with van der Waals surface area (Å²) in [6, 6.07) is 4.29. The van der Waals surface area contributed by atoms with Crippen molar-refractivity contribution >= 4 is 23.7 Å². The Morgan fingerprint density at radius 1 is 1.00 bits per heavy atom. The normalized spacial score (nSPS) is 27.6. The number of nitrogens with one attached hydrogen (secondary N) is 1. The summed E-state index contributed by atoms with van der Waals surface area (Å²) < 4.78 is 44.0.